The van der Waals surface area contributed by atoms with Crippen LogP contribution in [0, 0.1) is 13.8 Å². The molecule has 1 aliphatic rings. The molecule has 0 saturated carbocycles. The predicted molar refractivity (Wildman–Crippen MR) is 100 cm³/mol. The molecule has 0 unspecified atom stereocenters. The van der Waals surface area contributed by atoms with E-state index in [-0.39, 0.29) is 18.0 Å². The highest BCUT2D eigenvalue weighted by Crippen LogP contribution is 2.31. The van der Waals surface area contributed by atoms with Gasteiger partial charge in [-0.25, -0.2) is 9.78 Å². The molecule has 1 fully saturated rings. The van der Waals surface area contributed by atoms with Crippen LogP contribution < -0.4 is 5.32 Å². The number of carbonyl (C=O) groups excluding carboxylic acids is 1. The molecule has 1 atom stereocenters. The van der Waals surface area contributed by atoms with Gasteiger partial charge in [0.25, 0.3) is 0 Å². The minimum Gasteiger partial charge on any atom is -0.338 e. The number of hydrogen-bond donors (Lipinski definition) is 1. The zero-order chi connectivity index (χ0) is 18.7. The van der Waals surface area contributed by atoms with Crippen molar-refractivity contribution in [1.29, 1.82) is 0 Å². The summed E-state index contributed by atoms with van der Waals surface area (Å²) < 4.78 is 5.40. The van der Waals surface area contributed by atoms with Crippen LogP contribution in [0.1, 0.15) is 72.4 Å². The highest BCUT2D eigenvalue weighted by atomic mass is 32.1. The maximum atomic E-state index is 12.6. The van der Waals surface area contributed by atoms with E-state index < -0.39 is 0 Å². The van der Waals surface area contributed by atoms with Gasteiger partial charge in [-0.15, -0.1) is 11.3 Å². The molecule has 2 aromatic heterocycles. The second-order valence-electron chi connectivity index (χ2n) is 7.08. The van der Waals surface area contributed by atoms with Crippen molar-refractivity contribution in [3.05, 3.63) is 27.3 Å². The Hall–Kier alpha value is -1.96. The molecule has 1 aliphatic heterocycles. The predicted octanol–water partition coefficient (Wildman–Crippen LogP) is 3.75. The summed E-state index contributed by atoms with van der Waals surface area (Å²) in [7, 11) is 0. The molecular formula is C18H27N5O2S. The Balaban J connectivity index is 1.50. The van der Waals surface area contributed by atoms with Crippen LogP contribution >= 0.6 is 11.3 Å². The Morgan fingerprint density at radius 2 is 2.19 bits per heavy atom. The van der Waals surface area contributed by atoms with Crippen molar-refractivity contribution in [2.24, 2.45) is 0 Å². The van der Waals surface area contributed by atoms with Crippen molar-refractivity contribution < 1.29 is 9.32 Å². The molecule has 3 heterocycles. The molecule has 2 amide bonds. The molecule has 1 N–H and O–H groups in total. The summed E-state index contributed by atoms with van der Waals surface area (Å²) in [6.07, 6.45) is 3.60. The summed E-state index contributed by atoms with van der Waals surface area (Å²) in [5, 5.41) is 8.18. The highest BCUT2D eigenvalue weighted by molar-refractivity contribution is 7.11. The standard InChI is InChI=1S/C18H27N5O2S/c1-11(2)16-21-17(25-22-16)14-7-6-10-23(14)18(24)19-9-5-8-15-20-12(3)13(4)26-15/h11,14H,5-10H2,1-4H3,(H,19,24)/t14-/m0/s1. The maximum absolute atomic E-state index is 12.6. The first-order valence-corrected chi connectivity index (χ1v) is 10.1. The van der Waals surface area contributed by atoms with Crippen molar-refractivity contribution >= 4 is 17.4 Å². The van der Waals surface area contributed by atoms with Gasteiger partial charge in [-0.2, -0.15) is 4.98 Å². The van der Waals surface area contributed by atoms with E-state index in [0.717, 1.165) is 42.9 Å². The Morgan fingerprint density at radius 3 is 2.85 bits per heavy atom. The van der Waals surface area contributed by atoms with Crippen molar-refractivity contribution in [3.63, 3.8) is 0 Å². The van der Waals surface area contributed by atoms with Gasteiger partial charge in [0.1, 0.15) is 6.04 Å². The number of nitrogens with one attached hydrogen (secondary N) is 1. The average molecular weight is 378 g/mol. The lowest BCUT2D eigenvalue weighted by molar-refractivity contribution is 0.180. The zero-order valence-electron chi connectivity index (χ0n) is 15.9. The number of hydrogen-bond acceptors (Lipinski definition) is 6. The van der Waals surface area contributed by atoms with Crippen LogP contribution in [-0.4, -0.2) is 39.1 Å². The minimum absolute atomic E-state index is 0.0525. The van der Waals surface area contributed by atoms with Crippen LogP contribution in [0.15, 0.2) is 4.52 Å². The van der Waals surface area contributed by atoms with Crippen molar-refractivity contribution in [1.82, 2.24) is 25.3 Å². The van der Waals surface area contributed by atoms with Crippen molar-refractivity contribution in [2.45, 2.75) is 65.3 Å². The summed E-state index contributed by atoms with van der Waals surface area (Å²) in [4.78, 5) is 24.6. The van der Waals surface area contributed by atoms with E-state index in [4.69, 9.17) is 4.52 Å². The van der Waals surface area contributed by atoms with Crippen molar-refractivity contribution in [3.8, 4) is 0 Å². The number of thiazole rings is 1. The lowest BCUT2D eigenvalue weighted by atomic mass is 10.2. The summed E-state index contributed by atoms with van der Waals surface area (Å²) in [5.41, 5.74) is 1.11. The number of aromatic nitrogens is 3. The Kier molecular flexibility index (Phi) is 5.90. The van der Waals surface area contributed by atoms with Crippen LogP contribution in [-0.2, 0) is 6.42 Å². The lowest BCUT2D eigenvalue weighted by Crippen LogP contribution is -2.40. The normalized spacial score (nSPS) is 17.3. The number of likely N-dealkylation sites (tertiary alicyclic amines) is 1. The van der Waals surface area contributed by atoms with Gasteiger partial charge in [0.05, 0.1) is 10.7 Å². The van der Waals surface area contributed by atoms with Gasteiger partial charge in [-0.3, -0.25) is 0 Å². The number of carbonyl (C=O) groups is 1. The van der Waals surface area contributed by atoms with Crippen LogP contribution in [0.3, 0.4) is 0 Å². The smallest absolute Gasteiger partial charge is 0.318 e. The van der Waals surface area contributed by atoms with Gasteiger partial charge in [0.2, 0.25) is 5.89 Å². The Labute approximate surface area is 158 Å². The van der Waals surface area contributed by atoms with Crippen LogP contribution in [0.5, 0.6) is 0 Å². The van der Waals surface area contributed by atoms with E-state index in [0.29, 0.717) is 18.3 Å². The minimum atomic E-state index is -0.112. The van der Waals surface area contributed by atoms with E-state index in [1.165, 1.54) is 4.88 Å². The molecule has 2 aromatic rings. The topological polar surface area (TPSA) is 84.2 Å². The first-order valence-electron chi connectivity index (χ1n) is 9.26. The maximum Gasteiger partial charge on any atom is 0.318 e. The zero-order valence-corrected chi connectivity index (χ0v) is 16.7. The third-order valence-corrected chi connectivity index (χ3v) is 5.82. The number of aryl methyl sites for hydroxylation is 3. The molecule has 7 nitrogen and oxygen atoms in total. The quantitative estimate of drug-likeness (QED) is 0.775. The van der Waals surface area contributed by atoms with Crippen LogP contribution in [0.2, 0.25) is 0 Å². The summed E-state index contributed by atoms with van der Waals surface area (Å²) in [6, 6.07) is -0.164. The first-order chi connectivity index (χ1) is 12.5. The molecule has 0 bridgehead atoms. The van der Waals surface area contributed by atoms with E-state index in [2.05, 4.69) is 27.4 Å². The molecule has 0 aromatic carbocycles. The molecule has 1 saturated heterocycles. The van der Waals surface area contributed by atoms with Crippen LogP contribution in [0.25, 0.3) is 0 Å². The average Bonchev–Trinajstić information content (AvgIpc) is 3.31. The van der Waals surface area contributed by atoms with E-state index in [9.17, 15) is 4.79 Å². The summed E-state index contributed by atoms with van der Waals surface area (Å²) in [6.45, 7) is 9.54. The molecule has 8 heteroatoms. The third-order valence-electron chi connectivity index (χ3n) is 4.69. The molecule has 0 spiro atoms. The first kappa shape index (κ1) is 18.8. The molecule has 0 aliphatic carbocycles. The highest BCUT2D eigenvalue weighted by Gasteiger charge is 2.34. The van der Waals surface area contributed by atoms with Gasteiger partial charge in [0, 0.05) is 30.3 Å². The summed E-state index contributed by atoms with van der Waals surface area (Å²) in [5.74, 6) is 1.46. The molecular weight excluding hydrogens is 350 g/mol. The Bertz CT molecular complexity index is 735. The largest absolute Gasteiger partial charge is 0.338 e. The van der Waals surface area contributed by atoms with E-state index in [1.54, 1.807) is 11.3 Å². The fraction of sp³-hybridized carbons (Fsp3) is 0.667. The van der Waals surface area contributed by atoms with Crippen LogP contribution in [0.4, 0.5) is 4.79 Å². The van der Waals surface area contributed by atoms with E-state index >= 15 is 0 Å². The van der Waals surface area contributed by atoms with Gasteiger partial charge < -0.3 is 14.7 Å². The Morgan fingerprint density at radius 1 is 1.38 bits per heavy atom. The number of rotatable bonds is 6. The lowest BCUT2D eigenvalue weighted by Gasteiger charge is -2.22. The van der Waals surface area contributed by atoms with Gasteiger partial charge in [0.15, 0.2) is 5.82 Å². The SMILES string of the molecule is Cc1nc(CCCNC(=O)N2CCC[C@H]2c2nc(C(C)C)no2)sc1C. The second-order valence-corrected chi connectivity index (χ2v) is 8.37. The molecule has 0 radical (unpaired) electrons. The monoisotopic (exact) mass is 377 g/mol. The van der Waals surface area contributed by atoms with Gasteiger partial charge >= 0.3 is 6.03 Å². The van der Waals surface area contributed by atoms with Gasteiger partial charge in [-0.05, 0) is 33.1 Å². The van der Waals surface area contributed by atoms with Gasteiger partial charge in [-0.1, -0.05) is 19.0 Å². The number of urea groups is 1. The number of nitrogens with zero attached hydrogens (tertiary/aromatic N) is 4. The summed E-state index contributed by atoms with van der Waals surface area (Å²) >= 11 is 1.74. The number of amides is 2. The van der Waals surface area contributed by atoms with E-state index in [1.807, 2.05) is 25.7 Å². The second kappa shape index (κ2) is 8.16. The molecule has 26 heavy (non-hydrogen) atoms. The third kappa shape index (κ3) is 4.23. The fourth-order valence-corrected chi connectivity index (χ4v) is 4.04. The molecule has 142 valence electrons. The van der Waals surface area contributed by atoms with Crippen molar-refractivity contribution in [2.75, 3.05) is 13.1 Å². The molecule has 3 rings (SSSR count). The fourth-order valence-electron chi connectivity index (χ4n) is 3.07.